The minimum Gasteiger partial charge on any atom is -0.495 e. The van der Waals surface area contributed by atoms with E-state index in [1.165, 1.54) is 28.8 Å². The predicted octanol–water partition coefficient (Wildman–Crippen LogP) is 6.32. The van der Waals surface area contributed by atoms with Crippen LogP contribution < -0.4 is 14.8 Å². The van der Waals surface area contributed by atoms with E-state index in [-0.39, 0.29) is 11.7 Å². The Bertz CT molecular complexity index is 1200. The van der Waals surface area contributed by atoms with E-state index in [2.05, 4.69) is 42.6 Å². The quantitative estimate of drug-likeness (QED) is 0.275. The Balaban J connectivity index is 1.34. The van der Waals surface area contributed by atoms with Crippen molar-refractivity contribution in [1.29, 1.82) is 0 Å². The van der Waals surface area contributed by atoms with Crippen LogP contribution in [0.3, 0.4) is 0 Å². The van der Waals surface area contributed by atoms with Gasteiger partial charge < -0.3 is 14.8 Å². The van der Waals surface area contributed by atoms with E-state index < -0.39 is 4.92 Å². The molecular weight excluding hydrogens is 416 g/mol. The smallest absolute Gasteiger partial charge is 0.269 e. The molecule has 6 heteroatoms. The van der Waals surface area contributed by atoms with Crippen LogP contribution in [0.4, 0.5) is 11.4 Å². The van der Waals surface area contributed by atoms with Gasteiger partial charge in [-0.2, -0.15) is 0 Å². The Morgan fingerprint density at radius 1 is 1.06 bits per heavy atom. The van der Waals surface area contributed by atoms with Crippen LogP contribution in [-0.4, -0.2) is 12.0 Å². The molecule has 0 aromatic heterocycles. The van der Waals surface area contributed by atoms with Crippen molar-refractivity contribution in [1.82, 2.24) is 0 Å². The van der Waals surface area contributed by atoms with E-state index in [4.69, 9.17) is 9.47 Å². The lowest BCUT2D eigenvalue weighted by molar-refractivity contribution is -0.384. The first-order chi connectivity index (χ1) is 16.0. The first kappa shape index (κ1) is 21.1. The molecule has 1 aliphatic carbocycles. The maximum atomic E-state index is 10.8. The summed E-state index contributed by atoms with van der Waals surface area (Å²) in [5.41, 5.74) is 5.90. The Hall–Kier alpha value is -3.80. The van der Waals surface area contributed by atoms with Crippen LogP contribution in [0.2, 0.25) is 0 Å². The Morgan fingerprint density at radius 3 is 2.52 bits per heavy atom. The van der Waals surface area contributed by atoms with Crippen LogP contribution >= 0.6 is 0 Å². The first-order valence-corrected chi connectivity index (χ1v) is 11.1. The molecule has 168 valence electrons. The van der Waals surface area contributed by atoms with Gasteiger partial charge in [0.25, 0.3) is 5.69 Å². The fourth-order valence-corrected chi connectivity index (χ4v) is 5.02. The number of hydrogen-bond donors (Lipinski definition) is 1. The Kier molecular flexibility index (Phi) is 5.50. The molecule has 0 unspecified atom stereocenters. The van der Waals surface area contributed by atoms with Gasteiger partial charge in [0.2, 0.25) is 0 Å². The molecule has 0 saturated heterocycles. The molecule has 6 nitrogen and oxygen atoms in total. The molecule has 5 rings (SSSR count). The molecule has 33 heavy (non-hydrogen) atoms. The van der Waals surface area contributed by atoms with Gasteiger partial charge in [0.15, 0.2) is 0 Å². The second-order valence-corrected chi connectivity index (χ2v) is 8.63. The van der Waals surface area contributed by atoms with Crippen molar-refractivity contribution in [2.45, 2.75) is 31.9 Å². The number of aryl methyl sites for hydroxylation is 1. The predicted molar refractivity (Wildman–Crippen MR) is 128 cm³/mol. The van der Waals surface area contributed by atoms with Crippen LogP contribution in [0.25, 0.3) is 0 Å². The highest BCUT2D eigenvalue weighted by Gasteiger charge is 2.39. The van der Waals surface area contributed by atoms with Gasteiger partial charge in [-0.3, -0.25) is 10.1 Å². The van der Waals surface area contributed by atoms with Gasteiger partial charge in [-0.1, -0.05) is 30.4 Å². The summed E-state index contributed by atoms with van der Waals surface area (Å²) < 4.78 is 11.6. The van der Waals surface area contributed by atoms with Gasteiger partial charge in [0, 0.05) is 18.1 Å². The number of fused-ring (bicyclic) bond motifs is 3. The number of allylic oxidation sites excluding steroid dienone is 2. The number of rotatable bonds is 6. The summed E-state index contributed by atoms with van der Waals surface area (Å²) in [4.78, 5) is 10.4. The summed E-state index contributed by atoms with van der Waals surface area (Å²) in [6.45, 7) is 2.53. The molecule has 0 fully saturated rings. The van der Waals surface area contributed by atoms with E-state index in [9.17, 15) is 10.1 Å². The summed E-state index contributed by atoms with van der Waals surface area (Å²) in [6, 6.07) is 19.0. The molecule has 3 aromatic rings. The van der Waals surface area contributed by atoms with E-state index in [1.54, 1.807) is 19.2 Å². The van der Waals surface area contributed by atoms with E-state index in [1.807, 2.05) is 18.2 Å². The average Bonchev–Trinajstić information content (AvgIpc) is 3.33. The highest BCUT2D eigenvalue weighted by molar-refractivity contribution is 5.69. The Labute approximate surface area is 193 Å². The van der Waals surface area contributed by atoms with Crippen molar-refractivity contribution in [3.63, 3.8) is 0 Å². The van der Waals surface area contributed by atoms with Crippen LogP contribution in [0.15, 0.2) is 72.8 Å². The van der Waals surface area contributed by atoms with E-state index >= 15 is 0 Å². The topological polar surface area (TPSA) is 73.6 Å². The van der Waals surface area contributed by atoms with Gasteiger partial charge in [0.1, 0.15) is 18.1 Å². The lowest BCUT2D eigenvalue weighted by Crippen LogP contribution is -2.30. The molecule has 0 amide bonds. The summed E-state index contributed by atoms with van der Waals surface area (Å²) in [6.07, 6.45) is 5.67. The van der Waals surface area contributed by atoms with Crippen molar-refractivity contribution >= 4 is 11.4 Å². The van der Waals surface area contributed by atoms with Crippen molar-refractivity contribution in [2.75, 3.05) is 12.4 Å². The number of ether oxygens (including phenoxy) is 2. The van der Waals surface area contributed by atoms with Crippen molar-refractivity contribution in [3.8, 4) is 11.5 Å². The molecule has 1 aliphatic heterocycles. The Morgan fingerprint density at radius 2 is 1.82 bits per heavy atom. The van der Waals surface area contributed by atoms with E-state index in [0.29, 0.717) is 18.4 Å². The van der Waals surface area contributed by atoms with Gasteiger partial charge in [-0.25, -0.2) is 0 Å². The van der Waals surface area contributed by atoms with Crippen LogP contribution in [0.5, 0.6) is 11.5 Å². The third-order valence-electron chi connectivity index (χ3n) is 6.71. The van der Waals surface area contributed by atoms with Gasteiger partial charge in [0.05, 0.1) is 23.8 Å². The van der Waals surface area contributed by atoms with E-state index in [0.717, 1.165) is 29.2 Å². The molecule has 3 aromatic carbocycles. The van der Waals surface area contributed by atoms with Crippen LogP contribution in [0, 0.1) is 23.0 Å². The fraction of sp³-hybridized carbons (Fsp3) is 0.259. The normalized spacial score (nSPS) is 20.5. The van der Waals surface area contributed by atoms with Gasteiger partial charge in [-0.05, 0) is 71.8 Å². The third kappa shape index (κ3) is 3.93. The maximum Gasteiger partial charge on any atom is 0.269 e. The number of nitro benzene ring substituents is 1. The summed E-state index contributed by atoms with van der Waals surface area (Å²) in [5.74, 6) is 2.47. The second kappa shape index (κ2) is 8.62. The van der Waals surface area contributed by atoms with Gasteiger partial charge in [-0.15, -0.1) is 0 Å². The average molecular weight is 443 g/mol. The van der Waals surface area contributed by atoms with Crippen molar-refractivity contribution in [3.05, 3.63) is 105 Å². The van der Waals surface area contributed by atoms with Crippen LogP contribution in [0.1, 0.15) is 40.6 Å². The molecule has 2 aliphatic rings. The van der Waals surface area contributed by atoms with Crippen molar-refractivity contribution < 1.29 is 14.4 Å². The molecule has 1 N–H and O–H groups in total. The number of hydrogen-bond acceptors (Lipinski definition) is 5. The molecule has 0 saturated carbocycles. The largest absolute Gasteiger partial charge is 0.495 e. The van der Waals surface area contributed by atoms with Crippen LogP contribution in [-0.2, 0) is 6.61 Å². The number of non-ortho nitro benzene ring substituents is 1. The number of nitrogens with zero attached hydrogens (tertiary/aromatic N) is 1. The third-order valence-corrected chi connectivity index (χ3v) is 6.71. The molecule has 0 bridgehead atoms. The molecule has 0 spiro atoms. The zero-order valence-electron chi connectivity index (χ0n) is 18.7. The second-order valence-electron chi connectivity index (χ2n) is 8.63. The minimum atomic E-state index is -0.400. The zero-order chi connectivity index (χ0) is 22.9. The molecule has 3 atom stereocenters. The van der Waals surface area contributed by atoms with Crippen molar-refractivity contribution in [2.24, 2.45) is 5.92 Å². The lowest BCUT2D eigenvalue weighted by Gasteiger charge is -2.39. The first-order valence-electron chi connectivity index (χ1n) is 11.1. The monoisotopic (exact) mass is 442 g/mol. The lowest BCUT2D eigenvalue weighted by atomic mass is 9.75. The SMILES string of the molecule is COc1ccc(C)c2c1N[C@@H](c1ccc(OCc3ccc([N+](=O)[O-])cc3)cc1)[C@@H]1CC=C[C@H]21. The number of nitrogens with one attached hydrogen (secondary N) is 1. The highest BCUT2D eigenvalue weighted by atomic mass is 16.6. The number of methoxy groups -OCH3 is 1. The number of benzene rings is 3. The molecule has 0 radical (unpaired) electrons. The fourth-order valence-electron chi connectivity index (χ4n) is 5.02. The summed E-state index contributed by atoms with van der Waals surface area (Å²) in [5, 5.41) is 14.6. The zero-order valence-corrected chi connectivity index (χ0v) is 18.7. The maximum absolute atomic E-state index is 10.8. The van der Waals surface area contributed by atoms with Gasteiger partial charge >= 0.3 is 0 Å². The summed E-state index contributed by atoms with van der Waals surface area (Å²) >= 11 is 0. The number of anilines is 1. The highest BCUT2D eigenvalue weighted by Crippen LogP contribution is 2.53. The standard InChI is InChI=1S/C27H26N2O4/c1-17-6-15-24(32-2)27-25(17)22-4-3-5-23(22)26(28-27)19-9-13-21(14-10-19)33-16-18-7-11-20(12-8-18)29(30)31/h3-4,6-15,22-23,26,28H,5,16H2,1-2H3/t22-,23+,26-/m0/s1. The molecular formula is C27H26N2O4. The molecule has 1 heterocycles. The minimum absolute atomic E-state index is 0.0798. The summed E-state index contributed by atoms with van der Waals surface area (Å²) in [7, 11) is 1.72. The number of nitro groups is 1.